The summed E-state index contributed by atoms with van der Waals surface area (Å²) in [5.74, 6) is 0. The lowest BCUT2D eigenvalue weighted by Gasteiger charge is -2.26. The van der Waals surface area contributed by atoms with Crippen LogP contribution in [0.15, 0.2) is 57.2 Å². The summed E-state index contributed by atoms with van der Waals surface area (Å²) in [5, 5.41) is 11.1. The van der Waals surface area contributed by atoms with Crippen molar-refractivity contribution in [2.45, 2.75) is 21.6 Å². The third kappa shape index (κ3) is 4.07. The molecule has 1 fully saturated rings. The van der Waals surface area contributed by atoms with E-state index in [9.17, 15) is 18.5 Å². The van der Waals surface area contributed by atoms with E-state index in [4.69, 9.17) is 4.74 Å². The number of benzene rings is 2. The molecule has 0 unspecified atom stereocenters. The first-order valence-corrected chi connectivity index (χ1v) is 10.2. The number of non-ortho nitro benzene ring substituents is 1. The fourth-order valence-electron chi connectivity index (χ4n) is 2.56. The second-order valence-electron chi connectivity index (χ2n) is 5.82. The molecule has 0 amide bonds. The Hall–Kier alpha value is -1.94. The number of nitro benzene ring substituents is 1. The summed E-state index contributed by atoms with van der Waals surface area (Å²) < 4.78 is 32.6. The van der Waals surface area contributed by atoms with E-state index in [0.29, 0.717) is 18.1 Å². The Morgan fingerprint density at radius 1 is 1.12 bits per heavy atom. The Kier molecular flexibility index (Phi) is 5.61. The molecule has 138 valence electrons. The lowest BCUT2D eigenvalue weighted by atomic mass is 10.2. The van der Waals surface area contributed by atoms with Crippen LogP contribution in [-0.4, -0.2) is 43.9 Å². The first kappa shape index (κ1) is 18.8. The predicted molar refractivity (Wildman–Crippen MR) is 98.0 cm³/mol. The zero-order chi connectivity index (χ0) is 18.7. The first-order chi connectivity index (χ1) is 12.4. The van der Waals surface area contributed by atoms with Gasteiger partial charge in [-0.3, -0.25) is 10.1 Å². The molecular weight excluding hydrogens is 376 g/mol. The Labute approximate surface area is 156 Å². The number of aryl methyl sites for hydroxylation is 1. The van der Waals surface area contributed by atoms with Crippen LogP contribution in [0.1, 0.15) is 5.56 Å². The van der Waals surface area contributed by atoms with E-state index in [1.165, 1.54) is 28.2 Å². The van der Waals surface area contributed by atoms with Gasteiger partial charge in [0.05, 0.1) is 18.1 Å². The number of ether oxygens (including phenoxy) is 1. The summed E-state index contributed by atoms with van der Waals surface area (Å²) in [4.78, 5) is 11.8. The van der Waals surface area contributed by atoms with Gasteiger partial charge in [-0.1, -0.05) is 29.5 Å². The predicted octanol–water partition coefficient (Wildman–Crippen LogP) is 3.08. The summed E-state index contributed by atoms with van der Waals surface area (Å²) >= 11 is 1.27. The van der Waals surface area contributed by atoms with Crippen LogP contribution < -0.4 is 0 Å². The van der Waals surface area contributed by atoms with Crippen molar-refractivity contribution in [3.8, 4) is 0 Å². The van der Waals surface area contributed by atoms with E-state index in [2.05, 4.69) is 0 Å². The van der Waals surface area contributed by atoms with E-state index >= 15 is 0 Å². The van der Waals surface area contributed by atoms with E-state index in [1.807, 2.05) is 31.2 Å². The number of rotatable bonds is 5. The molecule has 0 atom stereocenters. The normalized spacial score (nSPS) is 15.7. The molecule has 2 aromatic carbocycles. The maximum absolute atomic E-state index is 13.1. The van der Waals surface area contributed by atoms with E-state index < -0.39 is 14.9 Å². The molecule has 7 nitrogen and oxygen atoms in total. The molecule has 0 bridgehead atoms. The van der Waals surface area contributed by atoms with Gasteiger partial charge in [0.25, 0.3) is 5.69 Å². The van der Waals surface area contributed by atoms with Crippen LogP contribution >= 0.6 is 11.8 Å². The van der Waals surface area contributed by atoms with Crippen molar-refractivity contribution in [1.29, 1.82) is 0 Å². The number of morpholine rings is 1. The zero-order valence-electron chi connectivity index (χ0n) is 14.1. The average Bonchev–Trinajstić information content (AvgIpc) is 2.64. The van der Waals surface area contributed by atoms with Gasteiger partial charge in [0.1, 0.15) is 4.90 Å². The van der Waals surface area contributed by atoms with Crippen molar-refractivity contribution in [2.75, 3.05) is 26.3 Å². The summed E-state index contributed by atoms with van der Waals surface area (Å²) in [6.07, 6.45) is 0. The van der Waals surface area contributed by atoms with Gasteiger partial charge in [-0.2, -0.15) is 4.31 Å². The van der Waals surface area contributed by atoms with Crippen molar-refractivity contribution in [2.24, 2.45) is 0 Å². The molecule has 3 rings (SSSR count). The molecule has 1 saturated heterocycles. The Morgan fingerprint density at radius 3 is 2.38 bits per heavy atom. The lowest BCUT2D eigenvalue weighted by molar-refractivity contribution is -0.385. The summed E-state index contributed by atoms with van der Waals surface area (Å²) in [6.45, 7) is 3.07. The van der Waals surface area contributed by atoms with Crippen LogP contribution in [0.2, 0.25) is 0 Å². The minimum absolute atomic E-state index is 0.0424. The van der Waals surface area contributed by atoms with Crippen LogP contribution in [0.5, 0.6) is 0 Å². The molecule has 0 aromatic heterocycles. The third-order valence-electron chi connectivity index (χ3n) is 3.97. The fourth-order valence-corrected chi connectivity index (χ4v) is 5.32. The lowest BCUT2D eigenvalue weighted by Crippen LogP contribution is -2.40. The fraction of sp³-hybridized carbons (Fsp3) is 0.294. The molecule has 0 N–H and O–H groups in total. The average molecular weight is 394 g/mol. The number of sulfonamides is 1. The molecule has 26 heavy (non-hydrogen) atoms. The van der Waals surface area contributed by atoms with Crippen LogP contribution in [0, 0.1) is 17.0 Å². The Balaban J connectivity index is 2.03. The van der Waals surface area contributed by atoms with Crippen molar-refractivity contribution >= 4 is 27.5 Å². The SMILES string of the molecule is Cc1ccc(Sc2ccc([N+](=O)[O-])cc2S(=O)(=O)N2CCOCC2)cc1. The molecule has 1 aliphatic rings. The Bertz CT molecular complexity index is 907. The van der Waals surface area contributed by atoms with Crippen molar-refractivity contribution in [1.82, 2.24) is 4.31 Å². The molecule has 0 aliphatic carbocycles. The first-order valence-electron chi connectivity index (χ1n) is 7.99. The third-order valence-corrected chi connectivity index (χ3v) is 7.13. The molecule has 9 heteroatoms. The smallest absolute Gasteiger partial charge is 0.270 e. The van der Waals surface area contributed by atoms with Crippen LogP contribution in [0.3, 0.4) is 0 Å². The van der Waals surface area contributed by atoms with E-state index in [1.54, 1.807) is 0 Å². The van der Waals surface area contributed by atoms with Gasteiger partial charge in [-0.15, -0.1) is 0 Å². The van der Waals surface area contributed by atoms with Crippen LogP contribution in [0.4, 0.5) is 5.69 Å². The maximum atomic E-state index is 13.1. The van der Waals surface area contributed by atoms with Gasteiger partial charge in [-0.05, 0) is 25.1 Å². The standard InChI is InChI=1S/C17H18N2O5S2/c1-13-2-5-15(6-3-13)25-16-7-4-14(19(20)21)12-17(16)26(22,23)18-8-10-24-11-9-18/h2-7,12H,8-11H2,1H3. The van der Waals surface area contributed by atoms with Gasteiger partial charge >= 0.3 is 0 Å². The minimum atomic E-state index is -3.85. The molecule has 1 aliphatic heterocycles. The topological polar surface area (TPSA) is 89.8 Å². The largest absolute Gasteiger partial charge is 0.379 e. The van der Waals surface area contributed by atoms with Crippen molar-refractivity contribution < 1.29 is 18.1 Å². The second kappa shape index (κ2) is 7.75. The minimum Gasteiger partial charge on any atom is -0.379 e. The second-order valence-corrected chi connectivity index (χ2v) is 8.84. The van der Waals surface area contributed by atoms with E-state index in [-0.39, 0.29) is 23.7 Å². The number of hydrogen-bond donors (Lipinski definition) is 0. The van der Waals surface area contributed by atoms with Gasteiger partial charge in [0.15, 0.2) is 0 Å². The molecule has 2 aromatic rings. The van der Waals surface area contributed by atoms with Crippen LogP contribution in [-0.2, 0) is 14.8 Å². The molecule has 1 heterocycles. The highest BCUT2D eigenvalue weighted by Crippen LogP contribution is 2.36. The highest BCUT2D eigenvalue weighted by molar-refractivity contribution is 8.00. The Morgan fingerprint density at radius 2 is 1.77 bits per heavy atom. The number of nitrogens with zero attached hydrogens (tertiary/aromatic N) is 2. The highest BCUT2D eigenvalue weighted by Gasteiger charge is 2.30. The van der Waals surface area contributed by atoms with E-state index in [0.717, 1.165) is 16.5 Å². The molecule has 0 spiro atoms. The zero-order valence-corrected chi connectivity index (χ0v) is 15.8. The number of hydrogen-bond acceptors (Lipinski definition) is 6. The van der Waals surface area contributed by atoms with Gasteiger partial charge in [0, 0.05) is 35.0 Å². The monoisotopic (exact) mass is 394 g/mol. The highest BCUT2D eigenvalue weighted by atomic mass is 32.2. The summed E-state index contributed by atoms with van der Waals surface area (Å²) in [5.41, 5.74) is 0.851. The van der Waals surface area contributed by atoms with Crippen molar-refractivity contribution in [3.63, 3.8) is 0 Å². The molecule has 0 saturated carbocycles. The quantitative estimate of drug-likeness (QED) is 0.572. The summed E-state index contributed by atoms with van der Waals surface area (Å²) in [7, 11) is -3.85. The molecular formula is C17H18N2O5S2. The van der Waals surface area contributed by atoms with Crippen LogP contribution in [0.25, 0.3) is 0 Å². The maximum Gasteiger partial charge on any atom is 0.270 e. The summed E-state index contributed by atoms with van der Waals surface area (Å²) in [6, 6.07) is 11.6. The van der Waals surface area contributed by atoms with Gasteiger partial charge < -0.3 is 4.74 Å². The molecule has 0 radical (unpaired) electrons. The van der Waals surface area contributed by atoms with Gasteiger partial charge in [0.2, 0.25) is 10.0 Å². The van der Waals surface area contributed by atoms with Crippen molar-refractivity contribution in [3.05, 3.63) is 58.1 Å². The number of nitro groups is 1. The van der Waals surface area contributed by atoms with Gasteiger partial charge in [-0.25, -0.2) is 8.42 Å².